The number of ether oxygens (including phenoxy) is 1. The average molecular weight is 367 g/mol. The number of guanidine groups is 1. The second-order valence-electron chi connectivity index (χ2n) is 6.79. The van der Waals surface area contributed by atoms with E-state index in [9.17, 15) is 0 Å². The largest absolute Gasteiger partial charge is 0.385 e. The highest BCUT2D eigenvalue weighted by atomic mass is 35.5. The summed E-state index contributed by atoms with van der Waals surface area (Å²) in [7, 11) is 5.70. The molecule has 2 N–H and O–H groups in total. The van der Waals surface area contributed by atoms with E-state index in [1.165, 1.54) is 18.4 Å². The molecule has 0 unspecified atom stereocenters. The minimum absolute atomic E-state index is 0.235. The molecule has 1 saturated carbocycles. The van der Waals surface area contributed by atoms with Gasteiger partial charge in [-0.1, -0.05) is 23.7 Å². The predicted octanol–water partition coefficient (Wildman–Crippen LogP) is 2.50. The summed E-state index contributed by atoms with van der Waals surface area (Å²) in [5.74, 6) is 0.866. The van der Waals surface area contributed by atoms with E-state index >= 15 is 0 Å². The molecule has 1 aliphatic carbocycles. The Hall–Kier alpha value is -1.30. The smallest absolute Gasteiger partial charge is 0.191 e. The summed E-state index contributed by atoms with van der Waals surface area (Å²) in [5, 5.41) is 7.67. The maximum absolute atomic E-state index is 6.00. The molecule has 0 atom stereocenters. The molecule has 25 heavy (non-hydrogen) atoms. The predicted molar refractivity (Wildman–Crippen MR) is 106 cm³/mol. The fourth-order valence-electron chi connectivity index (χ4n) is 2.95. The summed E-state index contributed by atoms with van der Waals surface area (Å²) in [6, 6.07) is 8.23. The Bertz CT molecular complexity index is 543. The van der Waals surface area contributed by atoms with Gasteiger partial charge in [-0.3, -0.25) is 4.99 Å². The number of benzene rings is 1. The maximum Gasteiger partial charge on any atom is 0.191 e. The number of methoxy groups -OCH3 is 1. The van der Waals surface area contributed by atoms with Gasteiger partial charge >= 0.3 is 0 Å². The Balaban J connectivity index is 1.71. The van der Waals surface area contributed by atoms with E-state index in [-0.39, 0.29) is 5.41 Å². The van der Waals surface area contributed by atoms with Gasteiger partial charge in [-0.15, -0.1) is 0 Å². The van der Waals surface area contributed by atoms with Gasteiger partial charge in [0.15, 0.2) is 5.96 Å². The summed E-state index contributed by atoms with van der Waals surface area (Å²) in [6.07, 6.45) is 3.48. The van der Waals surface area contributed by atoms with Crippen LogP contribution >= 0.6 is 11.6 Å². The molecular weight excluding hydrogens is 336 g/mol. The second-order valence-corrected chi connectivity index (χ2v) is 7.23. The Labute approximate surface area is 156 Å². The molecule has 2 rings (SSSR count). The van der Waals surface area contributed by atoms with E-state index < -0.39 is 0 Å². The first kappa shape index (κ1) is 20.0. The molecular formula is C19H31ClN4O. The fourth-order valence-corrected chi connectivity index (χ4v) is 3.08. The maximum atomic E-state index is 6.00. The molecule has 5 nitrogen and oxygen atoms in total. The lowest BCUT2D eigenvalue weighted by Gasteiger charge is -2.21. The van der Waals surface area contributed by atoms with Crippen LogP contribution in [-0.2, 0) is 10.2 Å². The summed E-state index contributed by atoms with van der Waals surface area (Å²) in [6.45, 7) is 4.61. The zero-order valence-electron chi connectivity index (χ0n) is 15.6. The number of aliphatic imine (C=N–C) groups is 1. The van der Waals surface area contributed by atoms with Gasteiger partial charge < -0.3 is 20.3 Å². The van der Waals surface area contributed by atoms with E-state index in [0.29, 0.717) is 0 Å². The number of hydrogen-bond acceptors (Lipinski definition) is 3. The van der Waals surface area contributed by atoms with Gasteiger partial charge in [0, 0.05) is 57.4 Å². The lowest BCUT2D eigenvalue weighted by atomic mass is 9.96. The minimum atomic E-state index is 0.235. The number of rotatable bonds is 10. The highest BCUT2D eigenvalue weighted by Gasteiger charge is 2.44. The van der Waals surface area contributed by atoms with Crippen LogP contribution in [0.4, 0.5) is 0 Å². The van der Waals surface area contributed by atoms with E-state index in [1.807, 2.05) is 19.2 Å². The van der Waals surface area contributed by atoms with Gasteiger partial charge in [0.1, 0.15) is 0 Å². The molecule has 0 spiro atoms. The zero-order chi connectivity index (χ0) is 18.1. The van der Waals surface area contributed by atoms with E-state index in [0.717, 1.165) is 50.2 Å². The average Bonchev–Trinajstić information content (AvgIpc) is 3.40. The first-order valence-corrected chi connectivity index (χ1v) is 9.35. The van der Waals surface area contributed by atoms with Gasteiger partial charge in [-0.25, -0.2) is 0 Å². The highest BCUT2D eigenvalue weighted by molar-refractivity contribution is 6.30. The van der Waals surface area contributed by atoms with Crippen molar-refractivity contribution in [3.63, 3.8) is 0 Å². The van der Waals surface area contributed by atoms with Crippen LogP contribution in [0.2, 0.25) is 5.02 Å². The molecule has 1 aromatic rings. The van der Waals surface area contributed by atoms with Gasteiger partial charge in [0.2, 0.25) is 0 Å². The lowest BCUT2D eigenvalue weighted by molar-refractivity contribution is 0.180. The minimum Gasteiger partial charge on any atom is -0.385 e. The zero-order valence-corrected chi connectivity index (χ0v) is 16.4. The Morgan fingerprint density at radius 2 is 1.96 bits per heavy atom. The van der Waals surface area contributed by atoms with Crippen LogP contribution < -0.4 is 10.6 Å². The highest BCUT2D eigenvalue weighted by Crippen LogP contribution is 2.47. The van der Waals surface area contributed by atoms with Crippen molar-refractivity contribution in [1.29, 1.82) is 0 Å². The van der Waals surface area contributed by atoms with E-state index in [1.54, 1.807) is 7.11 Å². The molecule has 0 amide bonds. The topological polar surface area (TPSA) is 48.9 Å². The molecule has 0 saturated heterocycles. The second kappa shape index (κ2) is 10.00. The summed E-state index contributed by atoms with van der Waals surface area (Å²) in [4.78, 5) is 6.63. The summed E-state index contributed by atoms with van der Waals surface area (Å²) in [5.41, 5.74) is 1.59. The number of nitrogens with zero attached hydrogens (tertiary/aromatic N) is 2. The number of hydrogen-bond donors (Lipinski definition) is 2. The van der Waals surface area contributed by atoms with Crippen molar-refractivity contribution >= 4 is 17.6 Å². The van der Waals surface area contributed by atoms with Crippen LogP contribution in [-0.4, -0.2) is 64.9 Å². The van der Waals surface area contributed by atoms with Gasteiger partial charge in [0.25, 0.3) is 0 Å². The van der Waals surface area contributed by atoms with Crippen molar-refractivity contribution < 1.29 is 4.74 Å². The molecule has 0 radical (unpaired) electrons. The van der Waals surface area contributed by atoms with Crippen molar-refractivity contribution in [1.82, 2.24) is 15.5 Å². The van der Waals surface area contributed by atoms with Crippen LogP contribution in [0.3, 0.4) is 0 Å². The van der Waals surface area contributed by atoms with Crippen molar-refractivity contribution in [2.75, 3.05) is 54.0 Å². The van der Waals surface area contributed by atoms with Gasteiger partial charge in [-0.05, 0) is 44.0 Å². The summed E-state index contributed by atoms with van der Waals surface area (Å²) >= 11 is 6.00. The van der Waals surface area contributed by atoms with Crippen LogP contribution in [0.1, 0.15) is 24.8 Å². The van der Waals surface area contributed by atoms with E-state index in [4.69, 9.17) is 16.3 Å². The van der Waals surface area contributed by atoms with Crippen LogP contribution in [0.25, 0.3) is 0 Å². The molecule has 140 valence electrons. The fraction of sp³-hybridized carbons (Fsp3) is 0.632. The molecule has 1 fully saturated rings. The number of nitrogens with one attached hydrogen (secondary N) is 2. The van der Waals surface area contributed by atoms with E-state index in [2.05, 4.69) is 39.7 Å². The van der Waals surface area contributed by atoms with Gasteiger partial charge in [0.05, 0.1) is 0 Å². The van der Waals surface area contributed by atoms with Crippen molar-refractivity contribution in [2.45, 2.75) is 24.7 Å². The molecule has 0 heterocycles. The van der Waals surface area contributed by atoms with Crippen LogP contribution in [0.15, 0.2) is 29.3 Å². The van der Waals surface area contributed by atoms with Gasteiger partial charge in [-0.2, -0.15) is 0 Å². The first-order valence-electron chi connectivity index (χ1n) is 8.98. The summed E-state index contributed by atoms with van der Waals surface area (Å²) < 4.78 is 5.09. The number of halogens is 1. The normalized spacial score (nSPS) is 16.1. The molecule has 1 aromatic carbocycles. The quantitative estimate of drug-likeness (QED) is 0.379. The van der Waals surface area contributed by atoms with Crippen LogP contribution in [0.5, 0.6) is 0 Å². The third kappa shape index (κ3) is 6.49. The van der Waals surface area contributed by atoms with Crippen LogP contribution in [0, 0.1) is 0 Å². The molecule has 6 heteroatoms. The first-order chi connectivity index (χ1) is 12.1. The van der Waals surface area contributed by atoms with Crippen molar-refractivity contribution in [3.8, 4) is 0 Å². The Morgan fingerprint density at radius 1 is 1.24 bits per heavy atom. The Kier molecular flexibility index (Phi) is 8.00. The third-order valence-electron chi connectivity index (χ3n) is 4.80. The number of likely N-dealkylation sites (N-methyl/N-ethyl adjacent to an activating group) is 1. The monoisotopic (exact) mass is 366 g/mol. The SMILES string of the molecule is CN=C(NCCN(C)CCCOC)NCC1(c2ccc(Cl)cc2)CC1. The molecule has 1 aliphatic rings. The third-order valence-corrected chi connectivity index (χ3v) is 5.05. The Morgan fingerprint density at radius 3 is 2.56 bits per heavy atom. The molecule has 0 aliphatic heterocycles. The van der Waals surface area contributed by atoms with Crippen molar-refractivity contribution in [2.24, 2.45) is 4.99 Å². The lowest BCUT2D eigenvalue weighted by Crippen LogP contribution is -2.43. The van der Waals surface area contributed by atoms with Crippen molar-refractivity contribution in [3.05, 3.63) is 34.9 Å². The molecule has 0 bridgehead atoms. The molecule has 0 aromatic heterocycles. The standard InChI is InChI=1S/C19H31ClN4O/c1-21-18(22-11-13-24(2)12-4-14-25-3)23-15-19(9-10-19)16-5-7-17(20)8-6-16/h5-8H,4,9-15H2,1-3H3,(H2,21,22,23).